The van der Waals surface area contributed by atoms with Gasteiger partial charge in [-0.25, -0.2) is 0 Å². The molecule has 1 saturated heterocycles. The minimum absolute atomic E-state index is 0.00513. The molecule has 0 saturated carbocycles. The van der Waals surface area contributed by atoms with E-state index in [-0.39, 0.29) is 11.3 Å². The molecule has 1 atom stereocenters. The Bertz CT molecular complexity index is 750. The number of nitrogens with zero attached hydrogens (tertiary/aromatic N) is 1. The second kappa shape index (κ2) is 7.49. The van der Waals surface area contributed by atoms with Crippen LogP contribution in [0, 0.1) is 6.92 Å². The van der Waals surface area contributed by atoms with Gasteiger partial charge in [-0.2, -0.15) is 0 Å². The number of ether oxygens (including phenoxy) is 1. The van der Waals surface area contributed by atoms with Crippen LogP contribution in [0.2, 0.25) is 5.02 Å². The van der Waals surface area contributed by atoms with Gasteiger partial charge in [0.1, 0.15) is 11.1 Å². The minimum Gasteiger partial charge on any atom is -0.496 e. The Hall–Kier alpha value is -1.65. The van der Waals surface area contributed by atoms with Crippen LogP contribution >= 0.6 is 23.4 Å². The van der Waals surface area contributed by atoms with Gasteiger partial charge in [-0.3, -0.25) is 4.79 Å². The minimum atomic E-state index is 0.00513. The molecule has 1 unspecified atom stereocenters. The van der Waals surface area contributed by atoms with Crippen molar-refractivity contribution < 1.29 is 9.53 Å². The summed E-state index contributed by atoms with van der Waals surface area (Å²) in [5.41, 5.74) is 3.07. The number of aryl methyl sites for hydroxylation is 1. The zero-order valence-electron chi connectivity index (χ0n) is 13.8. The van der Waals surface area contributed by atoms with E-state index < -0.39 is 0 Å². The Kier molecular flexibility index (Phi) is 5.36. The molecule has 1 heterocycles. The summed E-state index contributed by atoms with van der Waals surface area (Å²) in [6.07, 6.45) is 0.395. The topological polar surface area (TPSA) is 29.5 Å². The van der Waals surface area contributed by atoms with Crippen molar-refractivity contribution in [2.75, 3.05) is 19.4 Å². The fourth-order valence-corrected chi connectivity index (χ4v) is 4.60. The molecule has 1 aliphatic heterocycles. The number of carbonyl (C=O) groups excluding carboxylic acids is 1. The summed E-state index contributed by atoms with van der Waals surface area (Å²) >= 11 is 8.09. The van der Waals surface area contributed by atoms with Gasteiger partial charge in [0.05, 0.1) is 13.5 Å². The maximum absolute atomic E-state index is 12.8. The van der Waals surface area contributed by atoms with Crippen LogP contribution in [0.3, 0.4) is 0 Å². The monoisotopic (exact) mass is 361 g/mol. The predicted molar refractivity (Wildman–Crippen MR) is 99.8 cm³/mol. The number of thioether (sulfide) groups is 1. The molecule has 0 aliphatic carbocycles. The number of hydrogen-bond acceptors (Lipinski definition) is 3. The summed E-state index contributed by atoms with van der Waals surface area (Å²) in [4.78, 5) is 14.7. The number of halogens is 1. The van der Waals surface area contributed by atoms with Gasteiger partial charge >= 0.3 is 0 Å². The van der Waals surface area contributed by atoms with E-state index >= 15 is 0 Å². The number of rotatable bonds is 4. The van der Waals surface area contributed by atoms with Crippen molar-refractivity contribution in [3.05, 3.63) is 64.2 Å². The number of benzene rings is 2. The average molecular weight is 362 g/mol. The lowest BCUT2D eigenvalue weighted by Crippen LogP contribution is -2.31. The third-order valence-electron chi connectivity index (χ3n) is 4.20. The van der Waals surface area contributed by atoms with Gasteiger partial charge in [0.15, 0.2) is 0 Å². The van der Waals surface area contributed by atoms with Gasteiger partial charge in [-0.15, -0.1) is 11.8 Å². The van der Waals surface area contributed by atoms with Gasteiger partial charge < -0.3 is 9.64 Å². The average Bonchev–Trinajstić information content (AvgIpc) is 3.05. The van der Waals surface area contributed by atoms with Crippen LogP contribution in [0.25, 0.3) is 0 Å². The lowest BCUT2D eigenvalue weighted by Gasteiger charge is -2.25. The lowest BCUT2D eigenvalue weighted by atomic mass is 10.1. The summed E-state index contributed by atoms with van der Waals surface area (Å²) in [7, 11) is 1.66. The van der Waals surface area contributed by atoms with Crippen LogP contribution in [0.1, 0.15) is 22.1 Å². The van der Waals surface area contributed by atoms with Crippen molar-refractivity contribution in [1.82, 2.24) is 4.90 Å². The molecule has 0 aromatic heterocycles. The third-order valence-corrected chi connectivity index (χ3v) is 5.78. The van der Waals surface area contributed by atoms with E-state index in [0.717, 1.165) is 39.8 Å². The zero-order valence-corrected chi connectivity index (χ0v) is 15.4. The van der Waals surface area contributed by atoms with Crippen molar-refractivity contribution >= 4 is 29.3 Å². The first-order valence-electron chi connectivity index (χ1n) is 7.89. The highest BCUT2D eigenvalue weighted by molar-refractivity contribution is 7.99. The molecular formula is C19H20ClNO2S. The van der Waals surface area contributed by atoms with Gasteiger partial charge in [0, 0.05) is 22.9 Å². The van der Waals surface area contributed by atoms with Crippen molar-refractivity contribution in [3.8, 4) is 5.75 Å². The highest BCUT2D eigenvalue weighted by Gasteiger charge is 2.31. The Morgan fingerprint density at radius 2 is 2.12 bits per heavy atom. The molecule has 1 aliphatic rings. The van der Waals surface area contributed by atoms with E-state index in [9.17, 15) is 4.79 Å². The molecule has 3 nitrogen and oxygen atoms in total. The third kappa shape index (κ3) is 3.55. The van der Waals surface area contributed by atoms with Gasteiger partial charge in [-0.05, 0) is 30.2 Å². The first-order valence-corrected chi connectivity index (χ1v) is 9.32. The Labute approximate surface area is 151 Å². The molecule has 0 radical (unpaired) electrons. The van der Waals surface area contributed by atoms with Crippen LogP contribution in [-0.4, -0.2) is 30.2 Å². The molecule has 126 valence electrons. The number of methoxy groups -OCH3 is 1. The van der Waals surface area contributed by atoms with Gasteiger partial charge in [0.2, 0.25) is 5.91 Å². The maximum atomic E-state index is 12.8. The molecule has 0 bridgehead atoms. The number of carbonyl (C=O) groups is 1. The predicted octanol–water partition coefficient (Wildman–Crippen LogP) is 4.47. The summed E-state index contributed by atoms with van der Waals surface area (Å²) in [5, 5.41) is 0.723. The van der Waals surface area contributed by atoms with Gasteiger partial charge in [0.25, 0.3) is 0 Å². The Balaban J connectivity index is 1.77. The smallest absolute Gasteiger partial charge is 0.228 e. The first-order chi connectivity index (χ1) is 11.6. The number of hydrogen-bond donors (Lipinski definition) is 0. The zero-order chi connectivity index (χ0) is 17.1. The molecule has 2 aromatic rings. The fourth-order valence-electron chi connectivity index (χ4n) is 2.99. The van der Waals surface area contributed by atoms with E-state index in [1.807, 2.05) is 54.3 Å². The molecule has 1 amide bonds. The van der Waals surface area contributed by atoms with Crippen molar-refractivity contribution in [2.24, 2.45) is 0 Å². The largest absolute Gasteiger partial charge is 0.496 e. The molecule has 3 rings (SSSR count). The lowest BCUT2D eigenvalue weighted by molar-refractivity contribution is -0.130. The fraction of sp³-hybridized carbons (Fsp3) is 0.316. The van der Waals surface area contributed by atoms with E-state index in [1.54, 1.807) is 18.9 Å². The van der Waals surface area contributed by atoms with E-state index in [2.05, 4.69) is 0 Å². The molecule has 5 heteroatoms. The molecular weight excluding hydrogens is 342 g/mol. The molecule has 1 fully saturated rings. The summed E-state index contributed by atoms with van der Waals surface area (Å²) in [5.74, 6) is 1.91. The van der Waals surface area contributed by atoms with Crippen LogP contribution < -0.4 is 4.74 Å². The van der Waals surface area contributed by atoms with Crippen molar-refractivity contribution in [3.63, 3.8) is 0 Å². The van der Waals surface area contributed by atoms with E-state index in [4.69, 9.17) is 16.3 Å². The molecule has 24 heavy (non-hydrogen) atoms. The van der Waals surface area contributed by atoms with Crippen molar-refractivity contribution in [2.45, 2.75) is 18.7 Å². The Morgan fingerprint density at radius 1 is 1.33 bits per heavy atom. The van der Waals surface area contributed by atoms with Crippen LogP contribution in [0.4, 0.5) is 0 Å². The quantitative estimate of drug-likeness (QED) is 0.804. The SMILES string of the molecule is COc1ccc(CC(=O)N2CCSC2c2ccccc2Cl)cc1C. The summed E-state index contributed by atoms with van der Waals surface area (Å²) < 4.78 is 5.28. The van der Waals surface area contributed by atoms with Crippen molar-refractivity contribution in [1.29, 1.82) is 0 Å². The highest BCUT2D eigenvalue weighted by atomic mass is 35.5. The summed E-state index contributed by atoms with van der Waals surface area (Å²) in [6, 6.07) is 13.7. The standard InChI is InChI=1S/C19H20ClNO2S/c1-13-11-14(7-8-17(13)23-2)12-18(22)21-9-10-24-19(21)15-5-3-4-6-16(15)20/h3-8,11,19H,9-10,12H2,1-2H3. The van der Waals surface area contributed by atoms with Crippen LogP contribution in [0.5, 0.6) is 5.75 Å². The van der Waals surface area contributed by atoms with Crippen LogP contribution in [-0.2, 0) is 11.2 Å². The molecule has 2 aromatic carbocycles. The normalized spacial score (nSPS) is 17.1. The maximum Gasteiger partial charge on any atom is 0.228 e. The Morgan fingerprint density at radius 3 is 2.83 bits per heavy atom. The molecule has 0 spiro atoms. The first kappa shape index (κ1) is 17.2. The second-order valence-electron chi connectivity index (χ2n) is 5.81. The van der Waals surface area contributed by atoms with E-state index in [0.29, 0.717) is 6.42 Å². The highest BCUT2D eigenvalue weighted by Crippen LogP contribution is 2.41. The van der Waals surface area contributed by atoms with Crippen LogP contribution in [0.15, 0.2) is 42.5 Å². The summed E-state index contributed by atoms with van der Waals surface area (Å²) in [6.45, 7) is 2.75. The van der Waals surface area contributed by atoms with Gasteiger partial charge in [-0.1, -0.05) is 41.9 Å². The molecule has 0 N–H and O–H groups in total. The second-order valence-corrected chi connectivity index (χ2v) is 7.41. The van der Waals surface area contributed by atoms with E-state index in [1.165, 1.54) is 0 Å². The number of amides is 1.